The van der Waals surface area contributed by atoms with E-state index in [9.17, 15) is 0 Å². The summed E-state index contributed by atoms with van der Waals surface area (Å²) in [4.78, 5) is 9.17. The van der Waals surface area contributed by atoms with Gasteiger partial charge in [-0.3, -0.25) is 0 Å². The van der Waals surface area contributed by atoms with Crippen LogP contribution in [-0.2, 0) is 12.8 Å². The van der Waals surface area contributed by atoms with E-state index in [0.29, 0.717) is 0 Å². The SMILES string of the molecule is CCCCCCc1cnc(-c2ccc(-c3ccc(CCCCC)cc3)cc2)nc1. The Morgan fingerprint density at radius 3 is 1.62 bits per heavy atom. The minimum Gasteiger partial charge on any atom is -0.236 e. The van der Waals surface area contributed by atoms with E-state index in [1.54, 1.807) is 0 Å². The second kappa shape index (κ2) is 11.5. The van der Waals surface area contributed by atoms with Crippen molar-refractivity contribution >= 4 is 0 Å². The van der Waals surface area contributed by atoms with Gasteiger partial charge < -0.3 is 0 Å². The maximum absolute atomic E-state index is 4.59. The highest BCUT2D eigenvalue weighted by Gasteiger charge is 2.04. The molecule has 152 valence electrons. The average Bonchev–Trinajstić information content (AvgIpc) is 2.78. The molecule has 0 spiro atoms. The molecule has 1 aromatic heterocycles. The summed E-state index contributed by atoms with van der Waals surface area (Å²) < 4.78 is 0. The molecule has 0 saturated heterocycles. The third-order valence-electron chi connectivity index (χ3n) is 5.52. The third kappa shape index (κ3) is 6.52. The van der Waals surface area contributed by atoms with Crippen LogP contribution in [0.15, 0.2) is 60.9 Å². The number of benzene rings is 2. The number of unbranched alkanes of at least 4 members (excludes halogenated alkanes) is 5. The molecule has 0 fully saturated rings. The van der Waals surface area contributed by atoms with Gasteiger partial charge in [-0.1, -0.05) is 94.5 Å². The number of hydrogen-bond donors (Lipinski definition) is 0. The maximum Gasteiger partial charge on any atom is 0.159 e. The minimum atomic E-state index is 0.806. The minimum absolute atomic E-state index is 0.806. The van der Waals surface area contributed by atoms with Crippen molar-refractivity contribution in [2.75, 3.05) is 0 Å². The molecule has 0 aliphatic rings. The van der Waals surface area contributed by atoms with E-state index in [1.165, 1.54) is 73.6 Å². The van der Waals surface area contributed by atoms with E-state index < -0.39 is 0 Å². The summed E-state index contributed by atoms with van der Waals surface area (Å²) >= 11 is 0. The molecular formula is C27H34N2. The fourth-order valence-corrected chi connectivity index (χ4v) is 3.64. The van der Waals surface area contributed by atoms with Gasteiger partial charge in [-0.15, -0.1) is 0 Å². The largest absolute Gasteiger partial charge is 0.236 e. The molecule has 0 aliphatic heterocycles. The molecule has 0 amide bonds. The Balaban J connectivity index is 1.59. The van der Waals surface area contributed by atoms with Gasteiger partial charge in [-0.05, 0) is 47.9 Å². The number of aryl methyl sites for hydroxylation is 2. The quantitative estimate of drug-likeness (QED) is 0.316. The zero-order valence-corrected chi connectivity index (χ0v) is 18.0. The van der Waals surface area contributed by atoms with Gasteiger partial charge in [0.25, 0.3) is 0 Å². The van der Waals surface area contributed by atoms with Crippen molar-refractivity contribution in [1.29, 1.82) is 0 Å². The summed E-state index contributed by atoms with van der Waals surface area (Å²) in [5.41, 5.74) is 6.24. The zero-order valence-electron chi connectivity index (χ0n) is 18.0. The molecule has 2 heteroatoms. The van der Waals surface area contributed by atoms with Gasteiger partial charge in [0.15, 0.2) is 5.82 Å². The molecule has 3 rings (SSSR count). The van der Waals surface area contributed by atoms with Crippen LogP contribution in [0.5, 0.6) is 0 Å². The molecule has 0 aliphatic carbocycles. The van der Waals surface area contributed by atoms with Crippen LogP contribution in [0.2, 0.25) is 0 Å². The van der Waals surface area contributed by atoms with Gasteiger partial charge in [0.1, 0.15) is 0 Å². The van der Waals surface area contributed by atoms with E-state index in [1.807, 2.05) is 12.4 Å². The van der Waals surface area contributed by atoms with Crippen LogP contribution in [0.3, 0.4) is 0 Å². The lowest BCUT2D eigenvalue weighted by atomic mass is 10.0. The Morgan fingerprint density at radius 1 is 0.517 bits per heavy atom. The van der Waals surface area contributed by atoms with Gasteiger partial charge in [0, 0.05) is 18.0 Å². The van der Waals surface area contributed by atoms with Crippen molar-refractivity contribution in [2.45, 2.75) is 71.6 Å². The van der Waals surface area contributed by atoms with Crippen molar-refractivity contribution in [3.05, 3.63) is 72.1 Å². The Morgan fingerprint density at radius 2 is 1.00 bits per heavy atom. The Hall–Kier alpha value is -2.48. The normalized spacial score (nSPS) is 11.0. The first-order valence-electron chi connectivity index (χ1n) is 11.3. The Kier molecular flexibility index (Phi) is 8.42. The maximum atomic E-state index is 4.59. The second-order valence-electron chi connectivity index (χ2n) is 7.96. The molecule has 0 unspecified atom stereocenters. The highest BCUT2D eigenvalue weighted by atomic mass is 14.9. The predicted molar refractivity (Wildman–Crippen MR) is 124 cm³/mol. The summed E-state index contributed by atoms with van der Waals surface area (Å²) in [5, 5.41) is 0. The number of nitrogens with zero attached hydrogens (tertiary/aromatic N) is 2. The summed E-state index contributed by atoms with van der Waals surface area (Å²) in [6, 6.07) is 17.6. The fraction of sp³-hybridized carbons (Fsp3) is 0.407. The molecule has 0 radical (unpaired) electrons. The lowest BCUT2D eigenvalue weighted by molar-refractivity contribution is 0.665. The van der Waals surface area contributed by atoms with Crippen LogP contribution in [0.4, 0.5) is 0 Å². The van der Waals surface area contributed by atoms with E-state index in [-0.39, 0.29) is 0 Å². The lowest BCUT2D eigenvalue weighted by Crippen LogP contribution is -1.93. The molecule has 0 saturated carbocycles. The molecule has 1 heterocycles. The van der Waals surface area contributed by atoms with Gasteiger partial charge in [0.2, 0.25) is 0 Å². The average molecular weight is 387 g/mol. The topological polar surface area (TPSA) is 25.8 Å². The van der Waals surface area contributed by atoms with E-state index >= 15 is 0 Å². The number of rotatable bonds is 11. The van der Waals surface area contributed by atoms with Crippen LogP contribution in [-0.4, -0.2) is 9.97 Å². The molecule has 0 bridgehead atoms. The van der Waals surface area contributed by atoms with Gasteiger partial charge >= 0.3 is 0 Å². The second-order valence-corrected chi connectivity index (χ2v) is 7.96. The number of aromatic nitrogens is 2. The van der Waals surface area contributed by atoms with Gasteiger partial charge in [-0.25, -0.2) is 9.97 Å². The van der Waals surface area contributed by atoms with Crippen molar-refractivity contribution in [3.63, 3.8) is 0 Å². The summed E-state index contributed by atoms with van der Waals surface area (Å²) in [5.74, 6) is 0.806. The molecule has 3 aromatic rings. The molecule has 0 N–H and O–H groups in total. The smallest absolute Gasteiger partial charge is 0.159 e. The van der Waals surface area contributed by atoms with Crippen LogP contribution >= 0.6 is 0 Å². The van der Waals surface area contributed by atoms with Crippen LogP contribution in [0.1, 0.15) is 69.9 Å². The molecular weight excluding hydrogens is 352 g/mol. The zero-order chi connectivity index (χ0) is 20.3. The molecule has 2 aromatic carbocycles. The first kappa shape index (κ1) is 21.2. The Labute approximate surface area is 176 Å². The monoisotopic (exact) mass is 386 g/mol. The van der Waals surface area contributed by atoms with Gasteiger partial charge in [-0.2, -0.15) is 0 Å². The van der Waals surface area contributed by atoms with Crippen molar-refractivity contribution in [2.24, 2.45) is 0 Å². The highest BCUT2D eigenvalue weighted by Crippen LogP contribution is 2.24. The fourth-order valence-electron chi connectivity index (χ4n) is 3.64. The molecule has 2 nitrogen and oxygen atoms in total. The van der Waals surface area contributed by atoms with Gasteiger partial charge in [0.05, 0.1) is 0 Å². The summed E-state index contributed by atoms with van der Waals surface area (Å²) in [6.45, 7) is 4.49. The predicted octanol–water partition coefficient (Wildman–Crippen LogP) is 7.67. The molecule has 29 heavy (non-hydrogen) atoms. The van der Waals surface area contributed by atoms with E-state index in [4.69, 9.17) is 0 Å². The number of hydrogen-bond acceptors (Lipinski definition) is 2. The lowest BCUT2D eigenvalue weighted by Gasteiger charge is -2.07. The highest BCUT2D eigenvalue weighted by molar-refractivity contribution is 5.67. The third-order valence-corrected chi connectivity index (χ3v) is 5.52. The van der Waals surface area contributed by atoms with Crippen molar-refractivity contribution in [3.8, 4) is 22.5 Å². The summed E-state index contributed by atoms with van der Waals surface area (Å²) in [6.07, 6.45) is 15.2. The first-order valence-corrected chi connectivity index (χ1v) is 11.3. The van der Waals surface area contributed by atoms with E-state index in [2.05, 4.69) is 72.3 Å². The first-order chi connectivity index (χ1) is 14.3. The van der Waals surface area contributed by atoms with Crippen LogP contribution < -0.4 is 0 Å². The summed E-state index contributed by atoms with van der Waals surface area (Å²) in [7, 11) is 0. The van der Waals surface area contributed by atoms with Crippen LogP contribution in [0, 0.1) is 0 Å². The van der Waals surface area contributed by atoms with Crippen LogP contribution in [0.25, 0.3) is 22.5 Å². The van der Waals surface area contributed by atoms with Crippen molar-refractivity contribution in [1.82, 2.24) is 9.97 Å². The standard InChI is InChI=1S/C27H34N2/c1-3-5-7-9-11-23-20-28-27(29-21-23)26-18-16-25(17-19-26)24-14-12-22(13-15-24)10-8-6-4-2/h12-21H,3-11H2,1-2H3. The Bertz CT molecular complexity index is 833. The van der Waals surface area contributed by atoms with Crippen molar-refractivity contribution < 1.29 is 0 Å². The molecule has 0 atom stereocenters. The van der Waals surface area contributed by atoms with E-state index in [0.717, 1.165) is 17.8 Å².